The Hall–Kier alpha value is -3.46. The number of cyclic esters (lactones) is 1. The van der Waals surface area contributed by atoms with Gasteiger partial charge in [-0.2, -0.15) is 0 Å². The lowest BCUT2D eigenvalue weighted by Crippen LogP contribution is -2.59. The fourth-order valence-electron chi connectivity index (χ4n) is 7.87. The van der Waals surface area contributed by atoms with Crippen molar-refractivity contribution < 1.29 is 38.1 Å². The summed E-state index contributed by atoms with van der Waals surface area (Å²) in [6, 6.07) is 8.48. The zero-order valence-electron chi connectivity index (χ0n) is 26.0. The molecule has 0 spiro atoms. The Balaban J connectivity index is 1.68. The van der Waals surface area contributed by atoms with Crippen LogP contribution in [-0.2, 0) is 44.5 Å². The SMILES string of the molecule is C=C1CCC2[C@](C)(COC(C)=O)[C@H](OC(C)=O)CC[C@]2(C)[C@H]1CC(NC(Cc1ccccc1)C(=O)OC)C1=CCOC1=O. The zero-order valence-corrected chi connectivity index (χ0v) is 26.0. The van der Waals surface area contributed by atoms with Gasteiger partial charge in [-0.1, -0.05) is 56.3 Å². The molecule has 4 rings (SSSR count). The second-order valence-electron chi connectivity index (χ2n) is 12.7. The minimum absolute atomic E-state index is 0.0389. The summed E-state index contributed by atoms with van der Waals surface area (Å²) in [5, 5.41) is 3.48. The molecule has 9 heteroatoms. The van der Waals surface area contributed by atoms with Crippen molar-refractivity contribution >= 4 is 23.9 Å². The smallest absolute Gasteiger partial charge is 0.335 e. The first-order valence-electron chi connectivity index (χ1n) is 15.1. The molecule has 3 unspecified atom stereocenters. The van der Waals surface area contributed by atoms with Gasteiger partial charge >= 0.3 is 23.9 Å². The number of allylic oxidation sites excluding steroid dienone is 1. The van der Waals surface area contributed by atoms with Gasteiger partial charge in [-0.15, -0.1) is 0 Å². The number of carbonyl (C=O) groups is 4. The molecule has 2 aliphatic carbocycles. The zero-order chi connectivity index (χ0) is 31.4. The van der Waals surface area contributed by atoms with Crippen molar-refractivity contribution in [1.82, 2.24) is 5.32 Å². The molecule has 0 aromatic heterocycles. The van der Waals surface area contributed by atoms with Crippen molar-refractivity contribution in [1.29, 1.82) is 0 Å². The monoisotopic (exact) mass is 595 g/mol. The van der Waals surface area contributed by atoms with E-state index in [2.05, 4.69) is 25.7 Å². The standard InChI is InChI=1S/C34H45NO8/c1-21-12-13-29-33(4,16-14-30(43-23(3)37)34(29,5)20-42-22(2)36)26(21)19-27(25-15-17-41-31(25)38)35-28(32(39)40-6)18-24-10-8-7-9-11-24/h7-11,15,26-30,35H,1,12-14,16-20H2,2-6H3/t26-,27?,28?,29?,30+,33+,34-/m0/s1. The van der Waals surface area contributed by atoms with E-state index in [1.54, 1.807) is 6.08 Å². The number of carbonyl (C=O) groups excluding carboxylic acids is 4. The summed E-state index contributed by atoms with van der Waals surface area (Å²) in [5.41, 5.74) is 1.63. The summed E-state index contributed by atoms with van der Waals surface area (Å²) in [5.74, 6) is -1.55. The summed E-state index contributed by atoms with van der Waals surface area (Å²) in [7, 11) is 1.36. The predicted octanol–water partition coefficient (Wildman–Crippen LogP) is 4.49. The molecule has 1 aliphatic heterocycles. The van der Waals surface area contributed by atoms with Crippen molar-refractivity contribution in [2.45, 2.75) is 84.4 Å². The van der Waals surface area contributed by atoms with Crippen LogP contribution >= 0.6 is 0 Å². The van der Waals surface area contributed by atoms with Crippen molar-refractivity contribution in [3.63, 3.8) is 0 Å². The van der Waals surface area contributed by atoms with E-state index < -0.39 is 35.5 Å². The molecule has 9 nitrogen and oxygen atoms in total. The van der Waals surface area contributed by atoms with Crippen LogP contribution in [0.3, 0.4) is 0 Å². The molecule has 3 aliphatic rings. The Kier molecular flexibility index (Phi) is 10.2. The number of ether oxygens (including phenoxy) is 4. The number of rotatable bonds is 11. The topological polar surface area (TPSA) is 117 Å². The first-order chi connectivity index (χ1) is 20.4. The molecule has 2 fully saturated rings. The Labute approximate surface area is 254 Å². The quantitative estimate of drug-likeness (QED) is 0.224. The van der Waals surface area contributed by atoms with Gasteiger partial charge in [0.1, 0.15) is 25.4 Å². The molecule has 1 aromatic rings. The summed E-state index contributed by atoms with van der Waals surface area (Å²) in [4.78, 5) is 49.9. The Morgan fingerprint density at radius 1 is 1.12 bits per heavy atom. The number of methoxy groups -OCH3 is 1. The van der Waals surface area contributed by atoms with E-state index in [4.69, 9.17) is 18.9 Å². The highest BCUT2D eigenvalue weighted by Crippen LogP contribution is 2.62. The molecular weight excluding hydrogens is 550 g/mol. The van der Waals surface area contributed by atoms with Gasteiger partial charge in [0.2, 0.25) is 0 Å². The van der Waals surface area contributed by atoms with Crippen LogP contribution in [0, 0.1) is 22.7 Å². The Morgan fingerprint density at radius 3 is 2.44 bits per heavy atom. The van der Waals surface area contributed by atoms with Crippen LogP contribution < -0.4 is 5.32 Å². The summed E-state index contributed by atoms with van der Waals surface area (Å²) in [6.45, 7) is 11.9. The lowest BCUT2D eigenvalue weighted by Gasteiger charge is -2.60. The molecule has 2 saturated carbocycles. The Bertz CT molecular complexity index is 1260. The van der Waals surface area contributed by atoms with Crippen molar-refractivity contribution in [3.8, 4) is 0 Å². The van der Waals surface area contributed by atoms with Gasteiger partial charge in [-0.3, -0.25) is 19.7 Å². The number of esters is 4. The molecule has 234 valence electrons. The largest absolute Gasteiger partial charge is 0.468 e. The van der Waals surface area contributed by atoms with Crippen molar-refractivity contribution in [2.24, 2.45) is 22.7 Å². The van der Waals surface area contributed by atoms with Gasteiger partial charge in [-0.25, -0.2) is 4.79 Å². The number of nitrogens with one attached hydrogen (secondary N) is 1. The first-order valence-corrected chi connectivity index (χ1v) is 15.1. The lowest BCUT2D eigenvalue weighted by molar-refractivity contribution is -0.192. The second kappa shape index (κ2) is 13.5. The maximum Gasteiger partial charge on any atom is 0.335 e. The number of benzene rings is 1. The van der Waals surface area contributed by atoms with Gasteiger partial charge in [0, 0.05) is 25.3 Å². The normalized spacial score (nSPS) is 29.9. The summed E-state index contributed by atoms with van der Waals surface area (Å²) in [6.07, 6.45) is 5.21. The van der Waals surface area contributed by atoms with Gasteiger partial charge < -0.3 is 18.9 Å². The molecule has 0 saturated heterocycles. The van der Waals surface area contributed by atoms with E-state index in [0.717, 1.165) is 30.4 Å². The van der Waals surface area contributed by atoms with E-state index in [1.807, 2.05) is 30.3 Å². The predicted molar refractivity (Wildman–Crippen MR) is 160 cm³/mol. The molecular formula is C34H45NO8. The highest BCUT2D eigenvalue weighted by Gasteiger charge is 2.60. The van der Waals surface area contributed by atoms with Gasteiger partial charge in [-0.05, 0) is 67.4 Å². The first kappa shape index (κ1) is 32.5. The third-order valence-electron chi connectivity index (χ3n) is 9.98. The molecule has 0 amide bonds. The van der Waals surface area contributed by atoms with Crippen LogP contribution in [0.15, 0.2) is 54.1 Å². The van der Waals surface area contributed by atoms with E-state index in [0.29, 0.717) is 24.8 Å². The third kappa shape index (κ3) is 7.03. The van der Waals surface area contributed by atoms with Crippen LogP contribution in [0.25, 0.3) is 0 Å². The highest BCUT2D eigenvalue weighted by atomic mass is 16.6. The van der Waals surface area contributed by atoms with Crippen molar-refractivity contribution in [2.75, 3.05) is 20.3 Å². The van der Waals surface area contributed by atoms with Gasteiger partial charge in [0.15, 0.2) is 0 Å². The van der Waals surface area contributed by atoms with E-state index in [1.165, 1.54) is 21.0 Å². The molecule has 1 N–H and O–H groups in total. The van der Waals surface area contributed by atoms with E-state index in [9.17, 15) is 19.2 Å². The minimum Gasteiger partial charge on any atom is -0.468 e. The van der Waals surface area contributed by atoms with E-state index in [-0.39, 0.29) is 42.4 Å². The van der Waals surface area contributed by atoms with Crippen LogP contribution in [0.2, 0.25) is 0 Å². The van der Waals surface area contributed by atoms with Crippen LogP contribution in [0.1, 0.15) is 65.4 Å². The molecule has 7 atom stereocenters. The summed E-state index contributed by atoms with van der Waals surface area (Å²) >= 11 is 0. The average molecular weight is 596 g/mol. The molecule has 0 radical (unpaired) electrons. The minimum atomic E-state index is -0.693. The summed E-state index contributed by atoms with van der Waals surface area (Å²) < 4.78 is 21.9. The van der Waals surface area contributed by atoms with Gasteiger partial charge in [0.05, 0.1) is 12.7 Å². The average Bonchev–Trinajstić information content (AvgIpc) is 3.40. The maximum atomic E-state index is 13.0. The van der Waals surface area contributed by atoms with Gasteiger partial charge in [0.25, 0.3) is 0 Å². The molecule has 43 heavy (non-hydrogen) atoms. The Morgan fingerprint density at radius 2 is 1.84 bits per heavy atom. The van der Waals surface area contributed by atoms with Crippen LogP contribution in [0.5, 0.6) is 0 Å². The third-order valence-corrected chi connectivity index (χ3v) is 9.98. The number of hydrogen-bond donors (Lipinski definition) is 1. The van der Waals surface area contributed by atoms with Crippen LogP contribution in [0.4, 0.5) is 0 Å². The lowest BCUT2D eigenvalue weighted by atomic mass is 9.46. The van der Waals surface area contributed by atoms with E-state index >= 15 is 0 Å². The fourth-order valence-corrected chi connectivity index (χ4v) is 7.87. The second-order valence-corrected chi connectivity index (χ2v) is 12.7. The molecule has 0 bridgehead atoms. The maximum absolute atomic E-state index is 13.0. The molecule has 1 heterocycles. The van der Waals surface area contributed by atoms with Crippen molar-refractivity contribution in [3.05, 3.63) is 59.7 Å². The number of fused-ring (bicyclic) bond motifs is 1. The highest BCUT2D eigenvalue weighted by molar-refractivity contribution is 5.92. The fraction of sp³-hybridized carbons (Fsp3) is 0.588. The number of hydrogen-bond acceptors (Lipinski definition) is 9. The van der Waals surface area contributed by atoms with Crippen LogP contribution in [-0.4, -0.2) is 62.4 Å². The molecule has 1 aromatic carbocycles.